The fraction of sp³-hybridized carbons (Fsp3) is 0.632. The first-order chi connectivity index (χ1) is 12.2. The number of nitrogens with one attached hydrogen (secondary N) is 2. The van der Waals surface area contributed by atoms with Gasteiger partial charge in [0.25, 0.3) is 0 Å². The average molecular weight is 349 g/mol. The Bertz CT molecular complexity index is 511. The summed E-state index contributed by atoms with van der Waals surface area (Å²) >= 11 is 0. The van der Waals surface area contributed by atoms with Gasteiger partial charge >= 0.3 is 6.03 Å². The van der Waals surface area contributed by atoms with Crippen LogP contribution in [-0.4, -0.2) is 56.9 Å². The van der Waals surface area contributed by atoms with E-state index < -0.39 is 0 Å². The summed E-state index contributed by atoms with van der Waals surface area (Å²) in [4.78, 5) is 14.7. The summed E-state index contributed by atoms with van der Waals surface area (Å²) < 4.78 is 10.6. The number of urea groups is 1. The van der Waals surface area contributed by atoms with E-state index in [2.05, 4.69) is 29.4 Å². The van der Waals surface area contributed by atoms with Gasteiger partial charge in [-0.25, -0.2) is 4.79 Å². The smallest absolute Gasteiger partial charge is 0.319 e. The first-order valence-corrected chi connectivity index (χ1v) is 9.18. The Labute approximate surface area is 150 Å². The molecule has 1 atom stereocenters. The second-order valence-corrected chi connectivity index (χ2v) is 6.36. The van der Waals surface area contributed by atoms with Crippen molar-refractivity contribution in [2.75, 3.05) is 45.3 Å². The molecule has 2 N–H and O–H groups in total. The van der Waals surface area contributed by atoms with Crippen LogP contribution in [0.2, 0.25) is 0 Å². The molecular weight excluding hydrogens is 318 g/mol. The van der Waals surface area contributed by atoms with E-state index in [0.717, 1.165) is 50.6 Å². The zero-order chi connectivity index (χ0) is 18.1. The van der Waals surface area contributed by atoms with Crippen molar-refractivity contribution in [1.29, 1.82) is 0 Å². The highest BCUT2D eigenvalue weighted by atomic mass is 16.5. The Balaban J connectivity index is 1.90. The van der Waals surface area contributed by atoms with Gasteiger partial charge in [0.15, 0.2) is 0 Å². The monoisotopic (exact) mass is 349 g/mol. The van der Waals surface area contributed by atoms with Crippen molar-refractivity contribution in [3.63, 3.8) is 0 Å². The van der Waals surface area contributed by atoms with Crippen LogP contribution < -0.4 is 15.4 Å². The molecule has 0 bridgehead atoms. The summed E-state index contributed by atoms with van der Waals surface area (Å²) in [6.45, 7) is 8.50. The maximum absolute atomic E-state index is 12.3. The number of methoxy groups -OCH3 is 1. The van der Waals surface area contributed by atoms with E-state index in [9.17, 15) is 4.79 Å². The predicted molar refractivity (Wildman–Crippen MR) is 100 cm³/mol. The number of morpholine rings is 1. The highest BCUT2D eigenvalue weighted by Gasteiger charge is 2.27. The Morgan fingerprint density at radius 1 is 1.20 bits per heavy atom. The van der Waals surface area contributed by atoms with Crippen LogP contribution in [0, 0.1) is 5.92 Å². The SMILES string of the molecule is CCC(CC)[C@@H](CNC(=O)Nc1ccc(OC)cc1)N1CCOCC1. The molecule has 1 aromatic rings. The van der Waals surface area contributed by atoms with Crippen molar-refractivity contribution in [2.24, 2.45) is 5.92 Å². The number of carbonyl (C=O) groups is 1. The third kappa shape index (κ3) is 5.90. The van der Waals surface area contributed by atoms with E-state index in [1.165, 1.54) is 0 Å². The minimum atomic E-state index is -0.172. The predicted octanol–water partition coefficient (Wildman–Crippen LogP) is 2.95. The van der Waals surface area contributed by atoms with Crippen molar-refractivity contribution in [1.82, 2.24) is 10.2 Å². The first kappa shape index (κ1) is 19.5. The molecule has 1 aromatic carbocycles. The van der Waals surface area contributed by atoms with Gasteiger partial charge in [-0.3, -0.25) is 4.90 Å². The van der Waals surface area contributed by atoms with Crippen LogP contribution >= 0.6 is 0 Å². The minimum absolute atomic E-state index is 0.172. The summed E-state index contributed by atoms with van der Waals surface area (Å²) in [5.41, 5.74) is 0.753. The number of nitrogens with zero attached hydrogens (tertiary/aromatic N) is 1. The maximum atomic E-state index is 12.3. The summed E-state index contributed by atoms with van der Waals surface area (Å²) in [5, 5.41) is 5.92. The molecule has 2 rings (SSSR count). The van der Waals surface area contributed by atoms with E-state index in [1.807, 2.05) is 24.3 Å². The first-order valence-electron chi connectivity index (χ1n) is 9.18. The minimum Gasteiger partial charge on any atom is -0.497 e. The molecule has 1 aliphatic rings. The van der Waals surface area contributed by atoms with Gasteiger partial charge in [-0.15, -0.1) is 0 Å². The molecule has 2 amide bonds. The number of ether oxygens (including phenoxy) is 2. The van der Waals surface area contributed by atoms with Crippen molar-refractivity contribution >= 4 is 11.7 Å². The molecule has 1 aliphatic heterocycles. The summed E-state index contributed by atoms with van der Waals surface area (Å²) in [6.07, 6.45) is 2.22. The molecule has 140 valence electrons. The second-order valence-electron chi connectivity index (χ2n) is 6.36. The van der Waals surface area contributed by atoms with E-state index in [1.54, 1.807) is 7.11 Å². The molecular formula is C19H31N3O3. The molecule has 0 unspecified atom stereocenters. The number of rotatable bonds is 8. The fourth-order valence-electron chi connectivity index (χ4n) is 3.38. The molecule has 6 nitrogen and oxygen atoms in total. The van der Waals surface area contributed by atoms with Gasteiger partial charge in [0.05, 0.1) is 20.3 Å². The van der Waals surface area contributed by atoms with Gasteiger partial charge < -0.3 is 20.1 Å². The van der Waals surface area contributed by atoms with Crippen molar-refractivity contribution < 1.29 is 14.3 Å². The molecule has 0 spiro atoms. The molecule has 1 heterocycles. The number of carbonyl (C=O) groups excluding carboxylic acids is 1. The largest absolute Gasteiger partial charge is 0.497 e. The number of benzene rings is 1. The number of hydrogen-bond donors (Lipinski definition) is 2. The average Bonchev–Trinajstić information content (AvgIpc) is 2.66. The third-order valence-electron chi connectivity index (χ3n) is 4.93. The lowest BCUT2D eigenvalue weighted by atomic mass is 9.92. The van der Waals surface area contributed by atoms with Gasteiger partial charge in [-0.2, -0.15) is 0 Å². The van der Waals surface area contributed by atoms with Crippen molar-refractivity contribution in [2.45, 2.75) is 32.7 Å². The zero-order valence-corrected chi connectivity index (χ0v) is 15.6. The van der Waals surface area contributed by atoms with Crippen LogP contribution in [0.4, 0.5) is 10.5 Å². The van der Waals surface area contributed by atoms with Crippen molar-refractivity contribution in [3.8, 4) is 5.75 Å². The van der Waals surface area contributed by atoms with Crippen LogP contribution in [0.3, 0.4) is 0 Å². The van der Waals surface area contributed by atoms with Crippen LogP contribution in [0.15, 0.2) is 24.3 Å². The van der Waals surface area contributed by atoms with Crippen LogP contribution in [0.1, 0.15) is 26.7 Å². The Morgan fingerprint density at radius 2 is 1.84 bits per heavy atom. The normalized spacial score (nSPS) is 16.5. The molecule has 0 aliphatic carbocycles. The van der Waals surface area contributed by atoms with E-state index >= 15 is 0 Å². The number of amides is 2. The maximum Gasteiger partial charge on any atom is 0.319 e. The van der Waals surface area contributed by atoms with E-state index in [4.69, 9.17) is 9.47 Å². The lowest BCUT2D eigenvalue weighted by Crippen LogP contribution is -2.52. The van der Waals surface area contributed by atoms with Crippen molar-refractivity contribution in [3.05, 3.63) is 24.3 Å². The Hall–Kier alpha value is -1.79. The van der Waals surface area contributed by atoms with E-state index in [-0.39, 0.29) is 6.03 Å². The van der Waals surface area contributed by atoms with Gasteiger partial charge in [0.1, 0.15) is 5.75 Å². The number of hydrogen-bond acceptors (Lipinski definition) is 4. The Morgan fingerprint density at radius 3 is 2.40 bits per heavy atom. The topological polar surface area (TPSA) is 62.8 Å². The fourth-order valence-corrected chi connectivity index (χ4v) is 3.38. The van der Waals surface area contributed by atoms with Crippen LogP contribution in [-0.2, 0) is 4.74 Å². The van der Waals surface area contributed by atoms with Crippen LogP contribution in [0.5, 0.6) is 5.75 Å². The lowest BCUT2D eigenvalue weighted by Gasteiger charge is -2.38. The second kappa shape index (κ2) is 10.3. The van der Waals surface area contributed by atoms with E-state index in [0.29, 0.717) is 18.5 Å². The third-order valence-corrected chi connectivity index (χ3v) is 4.93. The number of anilines is 1. The van der Waals surface area contributed by atoms with Gasteiger partial charge in [-0.05, 0) is 30.2 Å². The van der Waals surface area contributed by atoms with Gasteiger partial charge in [-0.1, -0.05) is 26.7 Å². The van der Waals surface area contributed by atoms with Crippen LogP contribution in [0.25, 0.3) is 0 Å². The zero-order valence-electron chi connectivity index (χ0n) is 15.6. The molecule has 0 radical (unpaired) electrons. The summed E-state index contributed by atoms with van der Waals surface area (Å²) in [7, 11) is 1.62. The molecule has 0 aromatic heterocycles. The summed E-state index contributed by atoms with van der Waals surface area (Å²) in [5.74, 6) is 1.34. The standard InChI is InChI=1S/C19H31N3O3/c1-4-15(5-2)18(22-10-12-25-13-11-22)14-20-19(23)21-16-6-8-17(24-3)9-7-16/h6-9,15,18H,4-5,10-14H2,1-3H3,(H2,20,21,23)/t18-/m1/s1. The molecule has 1 fully saturated rings. The lowest BCUT2D eigenvalue weighted by molar-refractivity contribution is 0.00247. The highest BCUT2D eigenvalue weighted by molar-refractivity contribution is 5.89. The van der Waals surface area contributed by atoms with Gasteiger partial charge in [0.2, 0.25) is 0 Å². The molecule has 1 saturated heterocycles. The Kier molecular flexibility index (Phi) is 8.01. The molecule has 25 heavy (non-hydrogen) atoms. The molecule has 0 saturated carbocycles. The quantitative estimate of drug-likeness (QED) is 0.757. The van der Waals surface area contributed by atoms with Gasteiger partial charge in [0, 0.05) is 31.4 Å². The summed E-state index contributed by atoms with van der Waals surface area (Å²) in [6, 6.07) is 7.50. The highest BCUT2D eigenvalue weighted by Crippen LogP contribution is 2.20. The molecule has 6 heteroatoms.